The summed E-state index contributed by atoms with van der Waals surface area (Å²) in [4.78, 5) is 29.9. The molecule has 1 aliphatic heterocycles. The van der Waals surface area contributed by atoms with Crippen molar-refractivity contribution >= 4 is 30.3 Å². The van der Waals surface area contributed by atoms with Crippen LogP contribution < -0.4 is 9.46 Å². The molecule has 0 saturated carbocycles. The number of hydrogen-bond acceptors (Lipinski definition) is 8. The fourth-order valence-electron chi connectivity index (χ4n) is 4.95. The van der Waals surface area contributed by atoms with Crippen molar-refractivity contribution in [1.82, 2.24) is 14.6 Å². The largest absolute Gasteiger partial charge is 0.488 e. The first-order valence-electron chi connectivity index (χ1n) is 15.1. The maximum atomic E-state index is 12.7. The number of amides is 2. The molecule has 0 bridgehead atoms. The lowest BCUT2D eigenvalue weighted by molar-refractivity contribution is -0.122. The number of carbonyl (C=O) groups excluding carboxylic acids is 1. The Morgan fingerprint density at radius 3 is 2.52 bits per heavy atom. The minimum Gasteiger partial charge on any atom is -0.488 e. The maximum absolute atomic E-state index is 12.7. The van der Waals surface area contributed by atoms with Crippen LogP contribution in [0.3, 0.4) is 0 Å². The molecule has 2 atom stereocenters. The molecule has 4 rings (SSSR count). The molecule has 2 heterocycles. The number of aromatic nitrogens is 1. The molecule has 3 aromatic rings. The van der Waals surface area contributed by atoms with Crippen molar-refractivity contribution in [2.45, 2.75) is 68.8 Å². The lowest BCUT2D eigenvalue weighted by Gasteiger charge is -2.40. The summed E-state index contributed by atoms with van der Waals surface area (Å²) in [5.41, 5.74) is 3.21. The molecule has 1 unspecified atom stereocenters. The number of nitrogens with zero attached hydrogens (tertiary/aromatic N) is 2. The van der Waals surface area contributed by atoms with Crippen molar-refractivity contribution in [3.05, 3.63) is 78.1 Å². The number of methoxy groups -OCH3 is 1. The van der Waals surface area contributed by atoms with Crippen LogP contribution in [0.15, 0.2) is 71.9 Å². The van der Waals surface area contributed by atoms with Gasteiger partial charge in [-0.25, -0.2) is 17.9 Å². The first-order valence-corrected chi connectivity index (χ1v) is 19.5. The summed E-state index contributed by atoms with van der Waals surface area (Å²) in [6.07, 6.45) is 2.78. The predicted octanol–water partition coefficient (Wildman–Crippen LogP) is 5.64. The van der Waals surface area contributed by atoms with Crippen molar-refractivity contribution in [2.75, 3.05) is 26.8 Å². The summed E-state index contributed by atoms with van der Waals surface area (Å²) in [5.74, 6) is -0.104. The Bertz CT molecular complexity index is 1640. The second-order valence-electron chi connectivity index (χ2n) is 12.9. The molecular formula is C33H43N3O8SSi. The summed E-state index contributed by atoms with van der Waals surface area (Å²) in [6.45, 7) is 10.7. The summed E-state index contributed by atoms with van der Waals surface area (Å²) >= 11 is 0. The number of benzene rings is 2. The molecule has 1 aromatic heterocycles. The highest BCUT2D eigenvalue weighted by Gasteiger charge is 2.40. The minimum atomic E-state index is -4.07. The number of aryl methyl sites for hydroxylation is 1. The molecular weight excluding hydrogens is 627 g/mol. The number of hydrogen-bond donors (Lipinski definition) is 2. The van der Waals surface area contributed by atoms with Gasteiger partial charge in [0, 0.05) is 19.5 Å². The second kappa shape index (κ2) is 14.3. The molecule has 0 fully saturated rings. The van der Waals surface area contributed by atoms with E-state index < -0.39 is 36.4 Å². The SMILES string of the molecule is COCC(=O)NS(=O)(=O)c1cccc(-c2ccc3c(c2)CC[C@@H](CN(CC(O[Si](C)(C)C(C)(C)C)c2cccnc2)C(=O)O)O3)c1. The van der Waals surface area contributed by atoms with Crippen molar-refractivity contribution in [3.8, 4) is 16.9 Å². The lowest BCUT2D eigenvalue weighted by Crippen LogP contribution is -2.46. The first kappa shape index (κ1) is 35.1. The number of nitrogens with one attached hydrogen (secondary N) is 1. The second-order valence-corrected chi connectivity index (χ2v) is 19.4. The Kier molecular flexibility index (Phi) is 10.9. The zero-order valence-electron chi connectivity index (χ0n) is 27.1. The van der Waals surface area contributed by atoms with Crippen LogP contribution in [0.1, 0.15) is 44.4 Å². The first-order chi connectivity index (χ1) is 21.6. The van der Waals surface area contributed by atoms with E-state index in [-0.39, 0.29) is 35.7 Å². The van der Waals surface area contributed by atoms with Crippen molar-refractivity contribution in [1.29, 1.82) is 0 Å². The molecule has 2 N–H and O–H groups in total. The zero-order chi connectivity index (χ0) is 33.7. The van der Waals surface area contributed by atoms with Crippen LogP contribution in [0.25, 0.3) is 11.1 Å². The average molecular weight is 670 g/mol. The van der Waals surface area contributed by atoms with E-state index in [9.17, 15) is 23.1 Å². The molecule has 0 saturated heterocycles. The Hall–Kier alpha value is -3.78. The molecule has 46 heavy (non-hydrogen) atoms. The Morgan fingerprint density at radius 2 is 1.87 bits per heavy atom. The number of pyridine rings is 1. The van der Waals surface area contributed by atoms with Crippen LogP contribution in [0, 0.1) is 0 Å². The smallest absolute Gasteiger partial charge is 0.407 e. The fraction of sp³-hybridized carbons (Fsp3) is 0.424. The number of rotatable bonds is 12. The van der Waals surface area contributed by atoms with Gasteiger partial charge >= 0.3 is 6.09 Å². The van der Waals surface area contributed by atoms with Gasteiger partial charge in [0.2, 0.25) is 0 Å². The zero-order valence-corrected chi connectivity index (χ0v) is 29.0. The summed E-state index contributed by atoms with van der Waals surface area (Å²) in [7, 11) is -5.01. The van der Waals surface area contributed by atoms with Gasteiger partial charge in [0.1, 0.15) is 18.5 Å². The summed E-state index contributed by atoms with van der Waals surface area (Å²) < 4.78 is 45.1. The number of carbonyl (C=O) groups is 2. The monoisotopic (exact) mass is 669 g/mol. The van der Waals surface area contributed by atoms with Gasteiger partial charge < -0.3 is 23.9 Å². The molecule has 2 aromatic carbocycles. The Labute approximate surface area is 272 Å². The third-order valence-electron chi connectivity index (χ3n) is 8.47. The van der Waals surface area contributed by atoms with Gasteiger partial charge in [0.15, 0.2) is 8.32 Å². The molecule has 13 heteroatoms. The molecule has 0 aliphatic carbocycles. The van der Waals surface area contributed by atoms with E-state index in [0.717, 1.165) is 16.7 Å². The number of ether oxygens (including phenoxy) is 2. The third kappa shape index (κ3) is 8.72. The highest BCUT2D eigenvalue weighted by Crippen LogP contribution is 2.40. The van der Waals surface area contributed by atoms with Crippen LogP contribution >= 0.6 is 0 Å². The molecule has 11 nitrogen and oxygen atoms in total. The van der Waals surface area contributed by atoms with Crippen LogP contribution in [0.2, 0.25) is 18.1 Å². The molecule has 2 amide bonds. The Balaban J connectivity index is 1.49. The van der Waals surface area contributed by atoms with Gasteiger partial charge in [0.25, 0.3) is 15.9 Å². The van der Waals surface area contributed by atoms with Crippen molar-refractivity contribution < 1.29 is 37.0 Å². The lowest BCUT2D eigenvalue weighted by atomic mass is 9.97. The van der Waals surface area contributed by atoms with Gasteiger partial charge in [-0.15, -0.1) is 0 Å². The third-order valence-corrected chi connectivity index (χ3v) is 14.3. The highest BCUT2D eigenvalue weighted by molar-refractivity contribution is 7.90. The number of sulfonamides is 1. The van der Waals surface area contributed by atoms with Crippen molar-refractivity contribution in [2.24, 2.45) is 0 Å². The van der Waals surface area contributed by atoms with E-state index in [1.54, 1.807) is 24.5 Å². The molecule has 1 aliphatic rings. The molecule has 0 spiro atoms. The van der Waals surface area contributed by atoms with Gasteiger partial charge in [0.05, 0.1) is 24.1 Å². The predicted molar refractivity (Wildman–Crippen MR) is 177 cm³/mol. The number of fused-ring (bicyclic) bond motifs is 1. The maximum Gasteiger partial charge on any atom is 0.407 e. The van der Waals surface area contributed by atoms with Crippen LogP contribution in [-0.2, 0) is 30.4 Å². The minimum absolute atomic E-state index is 0.0422. The topological polar surface area (TPSA) is 144 Å². The normalized spacial score (nSPS) is 15.7. The van der Waals surface area contributed by atoms with Gasteiger partial charge in [-0.3, -0.25) is 9.78 Å². The molecule has 0 radical (unpaired) electrons. The average Bonchev–Trinajstić information content (AvgIpc) is 2.99. The highest BCUT2D eigenvalue weighted by atomic mass is 32.2. The van der Waals surface area contributed by atoms with Crippen LogP contribution in [0.5, 0.6) is 5.75 Å². The van der Waals surface area contributed by atoms with E-state index in [2.05, 4.69) is 38.8 Å². The number of carboxylic acid groups (broad SMARTS) is 1. The van der Waals surface area contributed by atoms with E-state index >= 15 is 0 Å². The quantitative estimate of drug-likeness (QED) is 0.234. The van der Waals surface area contributed by atoms with E-state index in [0.29, 0.717) is 24.2 Å². The van der Waals surface area contributed by atoms with E-state index in [1.165, 1.54) is 24.1 Å². The van der Waals surface area contributed by atoms with Gasteiger partial charge in [-0.05, 0) is 83.6 Å². The van der Waals surface area contributed by atoms with E-state index in [1.807, 2.05) is 35.1 Å². The standard InChI is InChI=1S/C33H43N3O8SSi/c1-33(2,3)46(5,6)44-30(26-10-8-16-34-19-26)21-36(32(38)39)20-27-14-12-25-17-24(13-15-29(25)43-27)23-9-7-11-28(18-23)45(40,41)35-31(37)22-42-4/h7-11,13,15-19,27,30H,12,14,20-22H2,1-6H3,(H,35,37)(H,38,39)/t27-,30?/m0/s1. The van der Waals surface area contributed by atoms with Gasteiger partial charge in [-0.1, -0.05) is 45.0 Å². The summed E-state index contributed by atoms with van der Waals surface area (Å²) in [6, 6.07) is 15.7. The Morgan fingerprint density at radius 1 is 1.13 bits per heavy atom. The van der Waals surface area contributed by atoms with Crippen LogP contribution in [-0.4, -0.2) is 76.6 Å². The van der Waals surface area contributed by atoms with E-state index in [4.69, 9.17) is 13.9 Å². The van der Waals surface area contributed by atoms with Crippen LogP contribution in [0.4, 0.5) is 4.79 Å². The molecule has 248 valence electrons. The summed E-state index contributed by atoms with van der Waals surface area (Å²) in [5, 5.41) is 10.1. The van der Waals surface area contributed by atoms with Gasteiger partial charge in [-0.2, -0.15) is 0 Å². The van der Waals surface area contributed by atoms with Crippen molar-refractivity contribution in [3.63, 3.8) is 0 Å². The fourth-order valence-corrected chi connectivity index (χ4v) is 7.24.